The number of fused-ring (bicyclic) bond motifs is 1. The van der Waals surface area contributed by atoms with Gasteiger partial charge in [0.15, 0.2) is 0 Å². The second-order valence-electron chi connectivity index (χ2n) is 9.52. The van der Waals surface area contributed by atoms with Crippen molar-refractivity contribution in [2.45, 2.75) is 86.9 Å². The Labute approximate surface area is 193 Å². The van der Waals surface area contributed by atoms with Crippen LogP contribution in [0.25, 0.3) is 0 Å². The van der Waals surface area contributed by atoms with Gasteiger partial charge in [-0.1, -0.05) is 44.4 Å². The van der Waals surface area contributed by atoms with Gasteiger partial charge in [-0.2, -0.15) is 0 Å². The molecule has 2 amide bonds. The van der Waals surface area contributed by atoms with E-state index in [-0.39, 0.29) is 17.2 Å². The fourth-order valence-electron chi connectivity index (χ4n) is 5.32. The predicted molar refractivity (Wildman–Crippen MR) is 120 cm³/mol. The quantitative estimate of drug-likeness (QED) is 0.471. The standard InChI is InChI=1S/C24H32N2O5S/c1-4-5-14-31-16-11-7-6-10-15(16)24(12-8-9-13-24)22(30)25-17-19(27)26-18(21(28)29)23(2,3)32-20(17)26/h6-7,10-11,17-18,20H,4-5,8-9,12-14H2,1-3H3,(H,25,30)(H,28,29)/p-1/t17?,18-,20?/m0/s1. The van der Waals surface area contributed by atoms with Crippen LogP contribution in [0.2, 0.25) is 0 Å². The Morgan fingerprint density at radius 1 is 1.25 bits per heavy atom. The van der Waals surface area contributed by atoms with E-state index < -0.39 is 28.2 Å². The number of carboxylic acid groups (broad SMARTS) is 1. The predicted octanol–water partition coefficient (Wildman–Crippen LogP) is 1.97. The number of para-hydroxylation sites is 1. The fourth-order valence-corrected chi connectivity index (χ4v) is 6.94. The number of hydrogen-bond acceptors (Lipinski definition) is 6. The van der Waals surface area contributed by atoms with Crippen molar-refractivity contribution in [1.29, 1.82) is 0 Å². The number of β-lactam (4-membered cyclic amide) rings is 1. The molecular weight excluding hydrogens is 428 g/mol. The minimum Gasteiger partial charge on any atom is -0.548 e. The summed E-state index contributed by atoms with van der Waals surface area (Å²) in [6.45, 7) is 6.29. The third kappa shape index (κ3) is 3.66. The van der Waals surface area contributed by atoms with Crippen LogP contribution in [0.5, 0.6) is 5.75 Å². The van der Waals surface area contributed by atoms with Gasteiger partial charge in [0.05, 0.1) is 24.0 Å². The van der Waals surface area contributed by atoms with Crippen molar-refractivity contribution in [2.75, 3.05) is 6.61 Å². The van der Waals surface area contributed by atoms with Gasteiger partial charge in [0.1, 0.15) is 17.2 Å². The maximum absolute atomic E-state index is 13.7. The summed E-state index contributed by atoms with van der Waals surface area (Å²) in [7, 11) is 0. The zero-order valence-electron chi connectivity index (χ0n) is 18.9. The number of carboxylic acids is 1. The molecule has 2 saturated heterocycles. The molecular formula is C24H31N2O5S-. The number of hydrogen-bond donors (Lipinski definition) is 1. The maximum Gasteiger partial charge on any atom is 0.249 e. The van der Waals surface area contributed by atoms with Crippen LogP contribution in [0.4, 0.5) is 0 Å². The molecule has 174 valence electrons. The van der Waals surface area contributed by atoms with E-state index in [1.165, 1.54) is 16.7 Å². The van der Waals surface area contributed by atoms with Crippen molar-refractivity contribution in [3.8, 4) is 5.75 Å². The fraction of sp³-hybridized carbons (Fsp3) is 0.625. The van der Waals surface area contributed by atoms with E-state index >= 15 is 0 Å². The molecule has 3 fully saturated rings. The van der Waals surface area contributed by atoms with Gasteiger partial charge in [0.2, 0.25) is 11.8 Å². The lowest BCUT2D eigenvalue weighted by Gasteiger charge is -2.46. The monoisotopic (exact) mass is 459 g/mol. The molecule has 1 saturated carbocycles. The number of benzene rings is 1. The van der Waals surface area contributed by atoms with E-state index in [1.54, 1.807) is 13.8 Å². The zero-order valence-corrected chi connectivity index (χ0v) is 19.7. The van der Waals surface area contributed by atoms with Gasteiger partial charge in [-0.25, -0.2) is 0 Å². The summed E-state index contributed by atoms with van der Waals surface area (Å²) < 4.78 is 5.36. The average Bonchev–Trinajstić information content (AvgIpc) is 3.34. The highest BCUT2D eigenvalue weighted by Crippen LogP contribution is 2.51. The highest BCUT2D eigenvalue weighted by Gasteiger charge is 2.63. The van der Waals surface area contributed by atoms with Crippen molar-refractivity contribution in [1.82, 2.24) is 10.2 Å². The maximum atomic E-state index is 13.7. The molecule has 1 N–H and O–H groups in total. The lowest BCUT2D eigenvalue weighted by molar-refractivity contribution is -0.312. The third-order valence-corrected chi connectivity index (χ3v) is 8.57. The second-order valence-corrected chi connectivity index (χ2v) is 11.3. The van der Waals surface area contributed by atoms with E-state index in [4.69, 9.17) is 4.74 Å². The first kappa shape index (κ1) is 23.0. The number of carbonyl (C=O) groups excluding carboxylic acids is 3. The first-order valence-electron chi connectivity index (χ1n) is 11.5. The first-order valence-corrected chi connectivity index (χ1v) is 12.3. The van der Waals surface area contributed by atoms with Gasteiger partial charge in [0.25, 0.3) is 0 Å². The molecule has 32 heavy (non-hydrogen) atoms. The second kappa shape index (κ2) is 8.61. The summed E-state index contributed by atoms with van der Waals surface area (Å²) in [6.07, 6.45) is 5.22. The Kier molecular flexibility index (Phi) is 6.18. The minimum atomic E-state index is -1.26. The molecule has 1 aliphatic carbocycles. The molecule has 2 unspecified atom stereocenters. The van der Waals surface area contributed by atoms with Crippen molar-refractivity contribution in [3.63, 3.8) is 0 Å². The Morgan fingerprint density at radius 2 is 1.94 bits per heavy atom. The summed E-state index contributed by atoms with van der Waals surface area (Å²) >= 11 is 1.41. The van der Waals surface area contributed by atoms with E-state index in [0.29, 0.717) is 19.4 Å². The Bertz CT molecular complexity index is 911. The Hall–Kier alpha value is -2.22. The molecule has 0 bridgehead atoms. The summed E-state index contributed by atoms with van der Waals surface area (Å²) in [6, 6.07) is 5.99. The van der Waals surface area contributed by atoms with Crippen LogP contribution in [0, 0.1) is 0 Å². The highest BCUT2D eigenvalue weighted by molar-refractivity contribution is 8.01. The van der Waals surface area contributed by atoms with Crippen LogP contribution in [-0.4, -0.2) is 51.5 Å². The van der Waals surface area contributed by atoms with Crippen LogP contribution < -0.4 is 15.2 Å². The normalized spacial score (nSPS) is 27.5. The van der Waals surface area contributed by atoms with Crippen molar-refractivity contribution >= 4 is 29.5 Å². The molecule has 1 aromatic carbocycles. The third-order valence-electron chi connectivity index (χ3n) is 7.00. The average molecular weight is 460 g/mol. The molecule has 4 rings (SSSR count). The number of rotatable bonds is 8. The number of thioether (sulfide) groups is 1. The lowest BCUT2D eigenvalue weighted by atomic mass is 9.77. The van der Waals surface area contributed by atoms with Gasteiger partial charge in [-0.3, -0.25) is 9.59 Å². The number of aliphatic carboxylic acids is 1. The van der Waals surface area contributed by atoms with Gasteiger partial charge in [-0.15, -0.1) is 11.8 Å². The van der Waals surface area contributed by atoms with Crippen molar-refractivity contribution in [2.24, 2.45) is 0 Å². The van der Waals surface area contributed by atoms with E-state index in [1.807, 2.05) is 24.3 Å². The van der Waals surface area contributed by atoms with Crippen LogP contribution >= 0.6 is 11.8 Å². The SMILES string of the molecule is CCCCOc1ccccc1C1(C(=O)NC2C(=O)N3C2SC(C)(C)[C@@H]3C(=O)[O-])CCCC1. The number of nitrogens with one attached hydrogen (secondary N) is 1. The molecule has 2 aliphatic heterocycles. The smallest absolute Gasteiger partial charge is 0.249 e. The minimum absolute atomic E-state index is 0.171. The molecule has 3 atom stereocenters. The molecule has 1 aromatic rings. The van der Waals surface area contributed by atoms with Crippen LogP contribution in [0.3, 0.4) is 0 Å². The molecule has 7 nitrogen and oxygen atoms in total. The van der Waals surface area contributed by atoms with Gasteiger partial charge in [-0.05, 0) is 39.2 Å². The zero-order chi connectivity index (χ0) is 23.1. The molecule has 3 aliphatic rings. The summed E-state index contributed by atoms with van der Waals surface area (Å²) in [5.41, 5.74) is 0.137. The number of amides is 2. The topological polar surface area (TPSA) is 98.8 Å². The largest absolute Gasteiger partial charge is 0.548 e. The van der Waals surface area contributed by atoms with Gasteiger partial charge < -0.3 is 24.9 Å². The van der Waals surface area contributed by atoms with Gasteiger partial charge in [0, 0.05) is 10.3 Å². The molecule has 0 radical (unpaired) electrons. The van der Waals surface area contributed by atoms with Crippen LogP contribution in [0.15, 0.2) is 24.3 Å². The van der Waals surface area contributed by atoms with E-state index in [9.17, 15) is 19.5 Å². The number of nitrogens with zero attached hydrogens (tertiary/aromatic N) is 1. The summed E-state index contributed by atoms with van der Waals surface area (Å²) in [4.78, 5) is 39.6. The van der Waals surface area contributed by atoms with Gasteiger partial charge >= 0.3 is 0 Å². The first-order chi connectivity index (χ1) is 15.2. The Morgan fingerprint density at radius 3 is 2.59 bits per heavy atom. The highest BCUT2D eigenvalue weighted by atomic mass is 32.2. The van der Waals surface area contributed by atoms with Crippen LogP contribution in [0.1, 0.15) is 64.9 Å². The van der Waals surface area contributed by atoms with E-state index in [2.05, 4.69) is 12.2 Å². The van der Waals surface area contributed by atoms with E-state index in [0.717, 1.165) is 37.0 Å². The molecule has 8 heteroatoms. The summed E-state index contributed by atoms with van der Waals surface area (Å²) in [5, 5.41) is 14.3. The summed E-state index contributed by atoms with van der Waals surface area (Å²) in [5.74, 6) is -1.05. The Balaban J connectivity index is 1.56. The number of carbonyl (C=O) groups is 3. The molecule has 0 spiro atoms. The molecule has 0 aromatic heterocycles. The lowest BCUT2D eigenvalue weighted by Crippen LogP contribution is -2.72. The number of ether oxygens (including phenoxy) is 1. The van der Waals surface area contributed by atoms with Crippen molar-refractivity contribution in [3.05, 3.63) is 29.8 Å². The molecule has 2 heterocycles. The van der Waals surface area contributed by atoms with Crippen molar-refractivity contribution < 1.29 is 24.2 Å². The van der Waals surface area contributed by atoms with Crippen LogP contribution in [-0.2, 0) is 19.8 Å². The number of unbranched alkanes of at least 4 members (excludes halogenated alkanes) is 1.